The van der Waals surface area contributed by atoms with Gasteiger partial charge in [-0.3, -0.25) is 0 Å². The van der Waals surface area contributed by atoms with Gasteiger partial charge in [0.1, 0.15) is 17.2 Å². The quantitative estimate of drug-likeness (QED) is 0.797. The van der Waals surface area contributed by atoms with E-state index in [4.69, 9.17) is 19.9 Å². The molecule has 7 heteroatoms. The Balaban J connectivity index is 2.35. The summed E-state index contributed by atoms with van der Waals surface area (Å²) >= 11 is 0. The predicted molar refractivity (Wildman–Crippen MR) is 72.5 cm³/mol. The molecule has 0 aromatic carbocycles. The normalized spacial score (nSPS) is 22.1. The highest BCUT2D eigenvalue weighted by Gasteiger charge is 2.37. The molecule has 1 unspecified atom stereocenters. The highest BCUT2D eigenvalue weighted by Crippen LogP contribution is 2.28. The SMILES string of the molecule is CCc1nc(C(=O)OC)c(N)n1CC1(OC)CCOC1. The van der Waals surface area contributed by atoms with E-state index in [0.29, 0.717) is 32.0 Å². The number of carbonyl (C=O) groups excluding carboxylic acids is 1. The second-order valence-corrected chi connectivity index (χ2v) is 4.88. The Morgan fingerprint density at radius 3 is 2.80 bits per heavy atom. The molecule has 1 aromatic heterocycles. The number of carbonyl (C=O) groups is 1. The summed E-state index contributed by atoms with van der Waals surface area (Å²) in [5.74, 6) is 0.535. The van der Waals surface area contributed by atoms with E-state index < -0.39 is 11.6 Å². The molecule has 2 heterocycles. The summed E-state index contributed by atoms with van der Waals surface area (Å²) in [5.41, 5.74) is 5.80. The van der Waals surface area contributed by atoms with Gasteiger partial charge in [0.25, 0.3) is 0 Å². The lowest BCUT2D eigenvalue weighted by molar-refractivity contribution is -0.0295. The van der Waals surface area contributed by atoms with Crippen LogP contribution in [0.3, 0.4) is 0 Å². The number of hydrogen-bond donors (Lipinski definition) is 1. The molecule has 20 heavy (non-hydrogen) atoms. The van der Waals surface area contributed by atoms with Crippen molar-refractivity contribution in [3.63, 3.8) is 0 Å². The summed E-state index contributed by atoms with van der Waals surface area (Å²) in [4.78, 5) is 15.9. The maximum Gasteiger partial charge on any atom is 0.360 e. The number of anilines is 1. The van der Waals surface area contributed by atoms with Crippen LogP contribution in [0.15, 0.2) is 0 Å². The molecule has 112 valence electrons. The molecular weight excluding hydrogens is 262 g/mol. The lowest BCUT2D eigenvalue weighted by Crippen LogP contribution is -2.37. The summed E-state index contributed by atoms with van der Waals surface area (Å²) in [6, 6.07) is 0. The van der Waals surface area contributed by atoms with Crippen LogP contribution in [0.5, 0.6) is 0 Å². The average Bonchev–Trinajstić information content (AvgIpc) is 3.05. The van der Waals surface area contributed by atoms with Gasteiger partial charge in [-0.2, -0.15) is 0 Å². The molecule has 0 amide bonds. The number of imidazole rings is 1. The first-order chi connectivity index (χ1) is 9.56. The number of ether oxygens (including phenoxy) is 3. The predicted octanol–water partition coefficient (Wildman–Crippen LogP) is 0.620. The van der Waals surface area contributed by atoms with E-state index in [0.717, 1.165) is 12.2 Å². The number of rotatable bonds is 5. The molecule has 0 bridgehead atoms. The maximum absolute atomic E-state index is 11.7. The van der Waals surface area contributed by atoms with E-state index in [-0.39, 0.29) is 5.69 Å². The summed E-state index contributed by atoms with van der Waals surface area (Å²) < 4.78 is 17.6. The second-order valence-electron chi connectivity index (χ2n) is 4.88. The third kappa shape index (κ3) is 2.51. The highest BCUT2D eigenvalue weighted by molar-refractivity contribution is 5.92. The summed E-state index contributed by atoms with van der Waals surface area (Å²) in [5, 5.41) is 0. The lowest BCUT2D eigenvalue weighted by Gasteiger charge is -2.27. The zero-order valence-corrected chi connectivity index (χ0v) is 12.1. The Morgan fingerprint density at radius 1 is 1.55 bits per heavy atom. The van der Waals surface area contributed by atoms with Crippen LogP contribution < -0.4 is 5.73 Å². The van der Waals surface area contributed by atoms with E-state index in [1.54, 1.807) is 7.11 Å². The number of nitrogens with zero attached hydrogens (tertiary/aromatic N) is 2. The van der Waals surface area contributed by atoms with Crippen LogP contribution in [0.4, 0.5) is 5.82 Å². The van der Waals surface area contributed by atoms with Crippen LogP contribution in [-0.4, -0.2) is 48.6 Å². The summed E-state index contributed by atoms with van der Waals surface area (Å²) in [6.45, 7) is 3.65. The van der Waals surface area contributed by atoms with E-state index in [9.17, 15) is 4.79 Å². The Bertz CT molecular complexity index is 492. The van der Waals surface area contributed by atoms with Crippen LogP contribution in [0, 0.1) is 0 Å². The topological polar surface area (TPSA) is 88.6 Å². The molecule has 7 nitrogen and oxygen atoms in total. The minimum absolute atomic E-state index is 0.162. The van der Waals surface area contributed by atoms with Gasteiger partial charge >= 0.3 is 5.97 Å². The van der Waals surface area contributed by atoms with Crippen molar-refractivity contribution in [2.75, 3.05) is 33.2 Å². The number of nitrogens with two attached hydrogens (primary N) is 1. The molecule has 2 N–H and O–H groups in total. The van der Waals surface area contributed by atoms with Crippen LogP contribution in [0.25, 0.3) is 0 Å². The van der Waals surface area contributed by atoms with Crippen molar-refractivity contribution in [1.82, 2.24) is 9.55 Å². The van der Waals surface area contributed by atoms with E-state index in [1.807, 2.05) is 11.5 Å². The molecule has 2 rings (SSSR count). The molecular formula is C13H21N3O4. The number of esters is 1. The van der Waals surface area contributed by atoms with Gasteiger partial charge < -0.3 is 24.5 Å². The van der Waals surface area contributed by atoms with Crippen molar-refractivity contribution in [3.05, 3.63) is 11.5 Å². The van der Waals surface area contributed by atoms with Crippen LogP contribution in [-0.2, 0) is 27.2 Å². The van der Waals surface area contributed by atoms with Crippen molar-refractivity contribution in [1.29, 1.82) is 0 Å². The fraction of sp³-hybridized carbons (Fsp3) is 0.692. The molecule has 1 atom stereocenters. The lowest BCUT2D eigenvalue weighted by atomic mass is 10.0. The standard InChI is InChI=1S/C13H21N3O4/c1-4-9-15-10(12(17)18-2)11(14)16(9)7-13(19-3)5-6-20-8-13/h4-8,14H2,1-3H3. The molecule has 1 aliphatic rings. The zero-order valence-electron chi connectivity index (χ0n) is 12.1. The smallest absolute Gasteiger partial charge is 0.360 e. The monoisotopic (exact) mass is 283 g/mol. The van der Waals surface area contributed by atoms with Crippen molar-refractivity contribution >= 4 is 11.8 Å². The fourth-order valence-corrected chi connectivity index (χ4v) is 2.43. The van der Waals surface area contributed by atoms with Gasteiger partial charge in [-0.05, 0) is 0 Å². The Labute approximate surface area is 118 Å². The molecule has 1 aliphatic heterocycles. The summed E-state index contributed by atoms with van der Waals surface area (Å²) in [6.07, 6.45) is 1.46. The molecule has 1 fully saturated rings. The van der Waals surface area contributed by atoms with Crippen LogP contribution in [0.1, 0.15) is 29.7 Å². The van der Waals surface area contributed by atoms with Crippen molar-refractivity contribution in [3.8, 4) is 0 Å². The zero-order chi connectivity index (χ0) is 14.8. The number of aromatic nitrogens is 2. The van der Waals surface area contributed by atoms with Gasteiger partial charge in [0.2, 0.25) is 0 Å². The van der Waals surface area contributed by atoms with E-state index in [1.165, 1.54) is 7.11 Å². The molecule has 0 saturated carbocycles. The minimum atomic E-state index is -0.523. The molecule has 0 radical (unpaired) electrons. The van der Waals surface area contributed by atoms with Crippen molar-refractivity contribution in [2.24, 2.45) is 0 Å². The molecule has 0 aliphatic carbocycles. The maximum atomic E-state index is 11.7. The second kappa shape index (κ2) is 5.80. The number of nitrogen functional groups attached to an aromatic ring is 1. The Morgan fingerprint density at radius 2 is 2.30 bits per heavy atom. The highest BCUT2D eigenvalue weighted by atomic mass is 16.5. The van der Waals surface area contributed by atoms with Gasteiger partial charge in [-0.25, -0.2) is 9.78 Å². The van der Waals surface area contributed by atoms with Crippen LogP contribution in [0.2, 0.25) is 0 Å². The van der Waals surface area contributed by atoms with E-state index >= 15 is 0 Å². The van der Waals surface area contributed by atoms with Crippen molar-refractivity contribution in [2.45, 2.75) is 31.9 Å². The van der Waals surface area contributed by atoms with Crippen molar-refractivity contribution < 1.29 is 19.0 Å². The number of aryl methyl sites for hydroxylation is 1. The van der Waals surface area contributed by atoms with Gasteiger partial charge in [0.15, 0.2) is 5.69 Å². The first kappa shape index (κ1) is 14.8. The average molecular weight is 283 g/mol. The Kier molecular flexibility index (Phi) is 4.29. The van der Waals surface area contributed by atoms with Gasteiger partial charge in [0.05, 0.1) is 20.3 Å². The largest absolute Gasteiger partial charge is 0.464 e. The fourth-order valence-electron chi connectivity index (χ4n) is 2.43. The summed E-state index contributed by atoms with van der Waals surface area (Å²) in [7, 11) is 2.97. The number of hydrogen-bond acceptors (Lipinski definition) is 6. The minimum Gasteiger partial charge on any atom is -0.464 e. The van der Waals surface area contributed by atoms with Gasteiger partial charge in [-0.1, -0.05) is 6.92 Å². The first-order valence-corrected chi connectivity index (χ1v) is 6.63. The van der Waals surface area contributed by atoms with Gasteiger partial charge in [0, 0.05) is 26.6 Å². The third-order valence-electron chi connectivity index (χ3n) is 3.73. The van der Waals surface area contributed by atoms with Gasteiger partial charge in [-0.15, -0.1) is 0 Å². The van der Waals surface area contributed by atoms with E-state index in [2.05, 4.69) is 4.98 Å². The molecule has 0 spiro atoms. The Hall–Kier alpha value is -1.60. The molecule has 1 saturated heterocycles. The third-order valence-corrected chi connectivity index (χ3v) is 3.73. The van der Waals surface area contributed by atoms with Crippen LogP contribution >= 0.6 is 0 Å². The first-order valence-electron chi connectivity index (χ1n) is 6.63. The molecule has 1 aromatic rings. The number of methoxy groups -OCH3 is 2.